The Labute approximate surface area is 202 Å². The summed E-state index contributed by atoms with van der Waals surface area (Å²) in [5, 5.41) is 10.1. The summed E-state index contributed by atoms with van der Waals surface area (Å²) in [7, 11) is 0. The molecule has 3 aromatic carbocycles. The van der Waals surface area contributed by atoms with Gasteiger partial charge in [-0.15, -0.1) is 0 Å². The zero-order valence-corrected chi connectivity index (χ0v) is 19.9. The minimum Gasteiger partial charge on any atom is -0.488 e. The van der Waals surface area contributed by atoms with Gasteiger partial charge in [0.05, 0.1) is 11.6 Å². The number of allylic oxidation sites excluding steroid dienone is 1. The van der Waals surface area contributed by atoms with Gasteiger partial charge in [-0.2, -0.15) is 5.26 Å². The minimum atomic E-state index is -0.259. The molecule has 2 atom stereocenters. The Bertz CT molecular complexity index is 1170. The summed E-state index contributed by atoms with van der Waals surface area (Å²) in [6.07, 6.45) is 1.94. The number of carbonyl (C=O) groups is 1. The fourth-order valence-electron chi connectivity index (χ4n) is 4.58. The molecule has 0 spiro atoms. The van der Waals surface area contributed by atoms with Crippen molar-refractivity contribution in [3.05, 3.63) is 113 Å². The molecule has 0 unspecified atom stereocenters. The highest BCUT2D eigenvalue weighted by Gasteiger charge is 2.33. The number of nitrogens with zero attached hydrogens (tertiary/aromatic N) is 1. The summed E-state index contributed by atoms with van der Waals surface area (Å²) in [4.78, 5) is 12.9. The van der Waals surface area contributed by atoms with Crippen molar-refractivity contribution < 1.29 is 9.53 Å². The third-order valence-electron chi connectivity index (χ3n) is 6.53. The van der Waals surface area contributed by atoms with Gasteiger partial charge in [0.1, 0.15) is 17.6 Å². The van der Waals surface area contributed by atoms with Crippen LogP contribution in [0.1, 0.15) is 67.2 Å². The lowest BCUT2D eigenvalue weighted by Gasteiger charge is -2.32. The Balaban J connectivity index is 1.59. The average molecular weight is 450 g/mol. The second-order valence-corrected chi connectivity index (χ2v) is 9.30. The fourth-order valence-corrected chi connectivity index (χ4v) is 4.58. The van der Waals surface area contributed by atoms with E-state index in [0.717, 1.165) is 17.5 Å². The summed E-state index contributed by atoms with van der Waals surface area (Å²) >= 11 is 0. The van der Waals surface area contributed by atoms with E-state index < -0.39 is 0 Å². The van der Waals surface area contributed by atoms with E-state index in [1.54, 1.807) is 0 Å². The summed E-state index contributed by atoms with van der Waals surface area (Å²) in [6, 6.07) is 30.8. The van der Waals surface area contributed by atoms with Crippen LogP contribution in [0.25, 0.3) is 5.76 Å². The predicted molar refractivity (Wildman–Crippen MR) is 136 cm³/mol. The molecule has 0 fully saturated rings. The molecule has 3 nitrogen and oxygen atoms in total. The van der Waals surface area contributed by atoms with Gasteiger partial charge < -0.3 is 4.74 Å². The maximum absolute atomic E-state index is 12.9. The van der Waals surface area contributed by atoms with Gasteiger partial charge in [-0.3, -0.25) is 4.79 Å². The number of Topliss-reactive ketones (excluding diaryl/α,β-unsaturated/α-hetero) is 1. The number of benzene rings is 3. The first-order chi connectivity index (χ1) is 16.5. The van der Waals surface area contributed by atoms with Crippen LogP contribution in [0.15, 0.2) is 90.5 Å². The third kappa shape index (κ3) is 5.64. The van der Waals surface area contributed by atoms with Crippen LogP contribution in [0.4, 0.5) is 0 Å². The van der Waals surface area contributed by atoms with Crippen LogP contribution in [0.2, 0.25) is 0 Å². The van der Waals surface area contributed by atoms with E-state index in [-0.39, 0.29) is 17.8 Å². The Morgan fingerprint density at radius 3 is 2.24 bits per heavy atom. The van der Waals surface area contributed by atoms with E-state index >= 15 is 0 Å². The monoisotopic (exact) mass is 449 g/mol. The first-order valence-electron chi connectivity index (χ1n) is 12.1. The number of ketones is 1. The van der Waals surface area contributed by atoms with E-state index in [9.17, 15) is 10.1 Å². The second kappa shape index (κ2) is 11.0. The molecule has 4 rings (SSSR count). The molecular formula is C31H31NO2. The van der Waals surface area contributed by atoms with E-state index in [1.807, 2.05) is 48.5 Å². The highest BCUT2D eigenvalue weighted by molar-refractivity contribution is 5.80. The van der Waals surface area contributed by atoms with Crippen molar-refractivity contribution in [3.8, 4) is 6.07 Å². The van der Waals surface area contributed by atoms with E-state index in [1.165, 1.54) is 11.1 Å². The Morgan fingerprint density at radius 1 is 0.971 bits per heavy atom. The van der Waals surface area contributed by atoms with Gasteiger partial charge >= 0.3 is 0 Å². The first kappa shape index (κ1) is 23.5. The van der Waals surface area contributed by atoms with Crippen LogP contribution in [0.5, 0.6) is 0 Å². The number of rotatable bonds is 8. The zero-order valence-electron chi connectivity index (χ0n) is 19.9. The van der Waals surface area contributed by atoms with Crippen molar-refractivity contribution >= 4 is 11.5 Å². The summed E-state index contributed by atoms with van der Waals surface area (Å²) in [5.41, 5.74) is 5.05. The fraction of sp³-hybridized carbons (Fsp3) is 0.290. The topological polar surface area (TPSA) is 50.1 Å². The van der Waals surface area contributed by atoms with Gasteiger partial charge in [-0.25, -0.2) is 0 Å². The molecule has 0 aromatic heterocycles. The number of ether oxygens (including phenoxy) is 1. The number of hydrogen-bond acceptors (Lipinski definition) is 3. The lowest BCUT2D eigenvalue weighted by atomic mass is 9.81. The molecule has 1 aliphatic heterocycles. The minimum absolute atomic E-state index is 0.0953. The van der Waals surface area contributed by atoms with E-state index in [0.29, 0.717) is 36.5 Å². The van der Waals surface area contributed by atoms with Gasteiger partial charge in [0.25, 0.3) is 0 Å². The molecule has 34 heavy (non-hydrogen) atoms. The summed E-state index contributed by atoms with van der Waals surface area (Å²) in [6.45, 7) is 4.35. The molecule has 0 N–H and O–H groups in total. The second-order valence-electron chi connectivity index (χ2n) is 9.30. The molecule has 3 aromatic rings. The Hall–Kier alpha value is -3.64. The van der Waals surface area contributed by atoms with Crippen LogP contribution in [0, 0.1) is 11.3 Å². The van der Waals surface area contributed by atoms with E-state index in [2.05, 4.69) is 56.3 Å². The highest BCUT2D eigenvalue weighted by Crippen LogP contribution is 2.41. The van der Waals surface area contributed by atoms with Gasteiger partial charge in [0, 0.05) is 24.3 Å². The zero-order chi connectivity index (χ0) is 23.9. The van der Waals surface area contributed by atoms with Gasteiger partial charge in [-0.05, 0) is 35.4 Å². The van der Waals surface area contributed by atoms with Crippen molar-refractivity contribution in [2.45, 2.75) is 57.5 Å². The van der Waals surface area contributed by atoms with Crippen molar-refractivity contribution in [2.75, 3.05) is 0 Å². The third-order valence-corrected chi connectivity index (χ3v) is 6.53. The molecule has 1 heterocycles. The standard InChI is InChI=1S/C31H31NO2/c1-22(2)24-14-16-25(17-15-24)29-20-28(19-27(33)18-13-23-9-5-3-6-10-23)34-31(30(29)21-32)26-11-7-4-8-12-26/h3-12,14-17,22,28-29H,13,18-20H2,1-2H3/t28-,29+/m1/s1. The molecule has 0 amide bonds. The van der Waals surface area contributed by atoms with Crippen LogP contribution < -0.4 is 0 Å². The molecule has 0 aliphatic carbocycles. The average Bonchev–Trinajstić information content (AvgIpc) is 2.88. The van der Waals surface area contributed by atoms with E-state index in [4.69, 9.17) is 4.74 Å². The molecule has 0 saturated carbocycles. The smallest absolute Gasteiger partial charge is 0.141 e. The maximum atomic E-state index is 12.9. The van der Waals surface area contributed by atoms with Gasteiger partial charge in [0.15, 0.2) is 0 Å². The first-order valence-corrected chi connectivity index (χ1v) is 12.1. The lowest BCUT2D eigenvalue weighted by Crippen LogP contribution is -2.26. The summed E-state index contributed by atoms with van der Waals surface area (Å²) < 4.78 is 6.35. The van der Waals surface area contributed by atoms with Crippen molar-refractivity contribution in [3.63, 3.8) is 0 Å². The van der Waals surface area contributed by atoms with Crippen LogP contribution in [-0.4, -0.2) is 11.9 Å². The largest absolute Gasteiger partial charge is 0.488 e. The van der Waals surface area contributed by atoms with Crippen molar-refractivity contribution in [1.82, 2.24) is 0 Å². The molecule has 3 heteroatoms. The SMILES string of the molecule is CC(C)c1ccc([C@@H]2C[C@@H](CC(=O)CCc3ccccc3)OC(c3ccccc3)=C2C#N)cc1. The maximum Gasteiger partial charge on any atom is 0.141 e. The molecule has 1 aliphatic rings. The Morgan fingerprint density at radius 2 is 1.62 bits per heavy atom. The van der Waals surface area contributed by atoms with Crippen LogP contribution in [0.3, 0.4) is 0 Å². The number of hydrogen-bond donors (Lipinski definition) is 0. The molecule has 0 radical (unpaired) electrons. The van der Waals surface area contributed by atoms with Gasteiger partial charge in [-0.1, -0.05) is 98.8 Å². The van der Waals surface area contributed by atoms with Gasteiger partial charge in [0.2, 0.25) is 0 Å². The Kier molecular flexibility index (Phi) is 7.60. The number of nitriles is 1. The van der Waals surface area contributed by atoms with Crippen molar-refractivity contribution in [2.24, 2.45) is 0 Å². The molecule has 0 saturated heterocycles. The normalized spacial score (nSPS) is 17.8. The lowest BCUT2D eigenvalue weighted by molar-refractivity contribution is -0.121. The molecule has 172 valence electrons. The predicted octanol–water partition coefficient (Wildman–Crippen LogP) is 7.21. The quantitative estimate of drug-likeness (QED) is 0.365. The number of carbonyl (C=O) groups excluding carboxylic acids is 1. The van der Waals surface area contributed by atoms with Crippen molar-refractivity contribution in [1.29, 1.82) is 5.26 Å². The summed E-state index contributed by atoms with van der Waals surface area (Å²) in [5.74, 6) is 1.15. The highest BCUT2D eigenvalue weighted by atomic mass is 16.5. The molecular weight excluding hydrogens is 418 g/mol. The van der Waals surface area contributed by atoms with Crippen LogP contribution in [-0.2, 0) is 16.0 Å². The number of aryl methyl sites for hydroxylation is 1. The van der Waals surface area contributed by atoms with Crippen LogP contribution >= 0.6 is 0 Å². The molecule has 0 bridgehead atoms.